The first kappa shape index (κ1) is 22.6. The van der Waals surface area contributed by atoms with Crippen molar-refractivity contribution in [3.63, 3.8) is 0 Å². The van der Waals surface area contributed by atoms with Crippen molar-refractivity contribution in [2.24, 2.45) is 5.73 Å². The molecule has 0 radical (unpaired) electrons. The van der Waals surface area contributed by atoms with Gasteiger partial charge in [0.25, 0.3) is 0 Å². The summed E-state index contributed by atoms with van der Waals surface area (Å²) in [5, 5.41) is 3.64. The van der Waals surface area contributed by atoms with E-state index in [9.17, 15) is 8.42 Å². The summed E-state index contributed by atoms with van der Waals surface area (Å²) in [6.45, 7) is 5.23. The molecule has 1 atom stereocenters. The molecule has 0 unspecified atom stereocenters. The third kappa shape index (κ3) is 4.50. The lowest BCUT2D eigenvalue weighted by atomic mass is 10.0. The fraction of sp³-hybridized carbons (Fsp3) is 0.208. The minimum Gasteiger partial charge on any atom is -0.382 e. The quantitative estimate of drug-likeness (QED) is 0.433. The molecule has 0 saturated heterocycles. The van der Waals surface area contributed by atoms with Crippen LogP contribution >= 0.6 is 0 Å². The Bertz CT molecular complexity index is 1380. The molecule has 0 spiro atoms. The van der Waals surface area contributed by atoms with Crippen molar-refractivity contribution in [2.75, 3.05) is 5.73 Å². The van der Waals surface area contributed by atoms with Gasteiger partial charge in [-0.3, -0.25) is 0 Å². The number of nitrogens with zero attached hydrogens (tertiary/aromatic N) is 3. The molecule has 4 aromatic rings. The first-order valence-corrected chi connectivity index (χ1v) is 12.0. The van der Waals surface area contributed by atoms with Crippen molar-refractivity contribution >= 4 is 15.7 Å². The van der Waals surface area contributed by atoms with Gasteiger partial charge in [-0.25, -0.2) is 18.4 Å². The summed E-state index contributed by atoms with van der Waals surface area (Å²) in [6, 6.07) is 16.0. The molecule has 4 rings (SSSR count). The normalized spacial score (nSPS) is 12.8. The molecule has 0 aliphatic rings. The van der Waals surface area contributed by atoms with Crippen LogP contribution in [0.2, 0.25) is 0 Å². The maximum absolute atomic E-state index is 12.4. The Labute approximate surface area is 192 Å². The van der Waals surface area contributed by atoms with E-state index in [2.05, 4.69) is 15.1 Å². The van der Waals surface area contributed by atoms with E-state index in [1.54, 1.807) is 44.2 Å². The highest BCUT2D eigenvalue weighted by Crippen LogP contribution is 2.30. The first-order valence-electron chi connectivity index (χ1n) is 10.5. The second-order valence-electron chi connectivity index (χ2n) is 8.09. The molecule has 0 amide bonds. The summed E-state index contributed by atoms with van der Waals surface area (Å²) in [5.41, 5.74) is 16.1. The average Bonchev–Trinajstić information content (AvgIpc) is 3.29. The van der Waals surface area contributed by atoms with Crippen LogP contribution in [0.25, 0.3) is 34.0 Å². The van der Waals surface area contributed by atoms with Crippen LogP contribution in [-0.2, 0) is 9.84 Å². The Hall–Kier alpha value is -3.56. The molecule has 0 fully saturated rings. The second kappa shape index (κ2) is 8.76. The third-order valence-corrected chi connectivity index (χ3v) is 7.55. The molecule has 8 nitrogen and oxygen atoms in total. The molecular weight excluding hydrogens is 438 g/mol. The van der Waals surface area contributed by atoms with E-state index in [0.717, 1.165) is 11.1 Å². The topological polar surface area (TPSA) is 138 Å². The molecule has 0 saturated carbocycles. The highest BCUT2D eigenvalue weighted by Gasteiger charge is 2.20. The van der Waals surface area contributed by atoms with Crippen LogP contribution in [-0.4, -0.2) is 28.8 Å². The molecule has 2 aromatic heterocycles. The van der Waals surface area contributed by atoms with E-state index in [1.165, 1.54) is 6.20 Å². The van der Waals surface area contributed by atoms with Gasteiger partial charge in [0.1, 0.15) is 5.69 Å². The van der Waals surface area contributed by atoms with Crippen LogP contribution in [0.1, 0.15) is 32.4 Å². The summed E-state index contributed by atoms with van der Waals surface area (Å²) in [4.78, 5) is 9.10. The number of benzene rings is 2. The maximum atomic E-state index is 12.4. The van der Waals surface area contributed by atoms with Crippen molar-refractivity contribution in [1.29, 1.82) is 0 Å². The Morgan fingerprint density at radius 2 is 1.52 bits per heavy atom. The molecule has 2 heterocycles. The number of nitrogen functional groups attached to an aromatic ring is 1. The van der Waals surface area contributed by atoms with Crippen LogP contribution in [0.15, 0.2) is 70.2 Å². The van der Waals surface area contributed by atoms with Crippen LogP contribution in [0.4, 0.5) is 5.82 Å². The molecule has 0 aliphatic carbocycles. The van der Waals surface area contributed by atoms with Gasteiger partial charge in [-0.15, -0.1) is 0 Å². The lowest BCUT2D eigenvalue weighted by molar-refractivity contribution is 0.434. The van der Waals surface area contributed by atoms with Crippen LogP contribution in [0.5, 0.6) is 0 Å². The zero-order valence-electron chi connectivity index (χ0n) is 18.6. The fourth-order valence-electron chi connectivity index (χ4n) is 3.29. The molecule has 0 aliphatic heterocycles. The monoisotopic (exact) mass is 463 g/mol. The van der Waals surface area contributed by atoms with Gasteiger partial charge in [-0.1, -0.05) is 41.6 Å². The number of aromatic nitrogens is 3. The van der Waals surface area contributed by atoms with Crippen LogP contribution < -0.4 is 11.5 Å². The van der Waals surface area contributed by atoms with E-state index in [-0.39, 0.29) is 16.8 Å². The smallest absolute Gasteiger partial charge is 0.189 e. The summed E-state index contributed by atoms with van der Waals surface area (Å²) < 4.78 is 30.2. The molecule has 33 heavy (non-hydrogen) atoms. The zero-order chi connectivity index (χ0) is 23.8. The van der Waals surface area contributed by atoms with E-state index in [4.69, 9.17) is 16.0 Å². The number of nitrogens with two attached hydrogens (primary N) is 2. The number of rotatable bonds is 6. The highest BCUT2D eigenvalue weighted by molar-refractivity contribution is 7.92. The molecule has 2 aromatic carbocycles. The summed E-state index contributed by atoms with van der Waals surface area (Å²) in [5.74, 6) is 0.583. The van der Waals surface area contributed by atoms with Crippen molar-refractivity contribution in [2.45, 2.75) is 37.0 Å². The van der Waals surface area contributed by atoms with Crippen LogP contribution in [0, 0.1) is 0 Å². The molecule has 0 bridgehead atoms. The lowest BCUT2D eigenvalue weighted by Crippen LogP contribution is -2.13. The van der Waals surface area contributed by atoms with Crippen molar-refractivity contribution in [3.05, 3.63) is 66.4 Å². The summed E-state index contributed by atoms with van der Waals surface area (Å²) in [7, 11) is -3.35. The highest BCUT2D eigenvalue weighted by atomic mass is 32.2. The van der Waals surface area contributed by atoms with Gasteiger partial charge in [0.2, 0.25) is 0 Å². The minimum atomic E-state index is -3.35. The summed E-state index contributed by atoms with van der Waals surface area (Å²) >= 11 is 0. The van der Waals surface area contributed by atoms with Crippen molar-refractivity contribution in [1.82, 2.24) is 15.1 Å². The third-order valence-electron chi connectivity index (χ3n) is 5.38. The molecular formula is C24H25N5O3S. The van der Waals surface area contributed by atoms with E-state index < -0.39 is 15.1 Å². The Morgan fingerprint density at radius 1 is 0.909 bits per heavy atom. The van der Waals surface area contributed by atoms with Gasteiger partial charge >= 0.3 is 0 Å². The van der Waals surface area contributed by atoms with Gasteiger partial charge in [0.05, 0.1) is 22.0 Å². The predicted octanol–water partition coefficient (Wildman–Crippen LogP) is 4.25. The fourth-order valence-corrected chi connectivity index (χ4v) is 4.35. The molecule has 170 valence electrons. The maximum Gasteiger partial charge on any atom is 0.189 e. The van der Waals surface area contributed by atoms with Gasteiger partial charge in [-0.05, 0) is 38.5 Å². The summed E-state index contributed by atoms with van der Waals surface area (Å²) in [6.07, 6.45) is 1.54. The van der Waals surface area contributed by atoms with Gasteiger partial charge in [-0.2, -0.15) is 0 Å². The number of hydrogen-bond acceptors (Lipinski definition) is 8. The molecule has 4 N–H and O–H groups in total. The minimum absolute atomic E-state index is 0.0516. The number of anilines is 1. The Morgan fingerprint density at radius 3 is 2.12 bits per heavy atom. The van der Waals surface area contributed by atoms with Crippen LogP contribution in [0.3, 0.4) is 0 Å². The van der Waals surface area contributed by atoms with Gasteiger partial charge in [0, 0.05) is 23.2 Å². The molecule has 9 heteroatoms. The standard InChI is InChI=1S/C24H25N5O3S/c1-14(2)33(30,31)19-10-8-18(9-11-19)21-13-27-24(26)23(28-21)22-12-20(29-32-22)17-6-4-16(5-7-17)15(3)25/h4-15H,25H2,1-3H3,(H2,26,27)/t15-/m0/s1. The van der Waals surface area contributed by atoms with Crippen molar-refractivity contribution < 1.29 is 12.9 Å². The first-order chi connectivity index (χ1) is 15.7. The number of hydrogen-bond donors (Lipinski definition) is 2. The van der Waals surface area contributed by atoms with Crippen molar-refractivity contribution in [3.8, 4) is 34.0 Å². The predicted molar refractivity (Wildman–Crippen MR) is 128 cm³/mol. The second-order valence-corrected chi connectivity index (χ2v) is 10.6. The van der Waals surface area contributed by atoms with Gasteiger partial charge in [0.15, 0.2) is 27.1 Å². The zero-order valence-corrected chi connectivity index (χ0v) is 19.4. The van der Waals surface area contributed by atoms with E-state index in [0.29, 0.717) is 28.4 Å². The Kier molecular flexibility index (Phi) is 6.01. The van der Waals surface area contributed by atoms with E-state index >= 15 is 0 Å². The largest absolute Gasteiger partial charge is 0.382 e. The SMILES string of the molecule is CC(C)S(=O)(=O)c1ccc(-c2cnc(N)c(-c3cc(-c4ccc([C@H](C)N)cc4)no3)n2)cc1. The lowest BCUT2D eigenvalue weighted by Gasteiger charge is -2.09. The van der Waals surface area contributed by atoms with Gasteiger partial charge < -0.3 is 16.0 Å². The average molecular weight is 464 g/mol. The van der Waals surface area contributed by atoms with E-state index in [1.807, 2.05) is 31.2 Å². The Balaban J connectivity index is 1.65. The number of sulfone groups is 1.